The van der Waals surface area contributed by atoms with E-state index in [1.165, 1.54) is 0 Å². The zero-order chi connectivity index (χ0) is 28.6. The fourth-order valence-corrected chi connectivity index (χ4v) is 5.09. The van der Waals surface area contributed by atoms with Crippen molar-refractivity contribution < 1.29 is 14.3 Å². The molecule has 0 aliphatic heterocycles. The highest BCUT2D eigenvalue weighted by atomic mass is 16.5. The van der Waals surface area contributed by atoms with Crippen molar-refractivity contribution in [2.75, 3.05) is 0 Å². The van der Waals surface area contributed by atoms with E-state index < -0.39 is 5.60 Å². The molecule has 0 aliphatic carbocycles. The van der Waals surface area contributed by atoms with Gasteiger partial charge in [0.15, 0.2) is 5.78 Å². The molecule has 0 radical (unpaired) electrons. The molecule has 4 aromatic rings. The number of hydrogen-bond acceptors (Lipinski definition) is 3. The van der Waals surface area contributed by atoms with Crippen molar-refractivity contribution >= 4 is 5.78 Å². The van der Waals surface area contributed by atoms with Crippen LogP contribution in [0, 0.1) is 0 Å². The maximum Gasteiger partial charge on any atom is 0.193 e. The number of carbonyl (C=O) groups is 1. The summed E-state index contributed by atoms with van der Waals surface area (Å²) in [7, 11) is 0. The molecule has 0 heterocycles. The summed E-state index contributed by atoms with van der Waals surface area (Å²) in [6, 6.07) is 38.3. The molecule has 0 N–H and O–H groups in total. The monoisotopic (exact) mass is 534 g/mol. The molecule has 3 nitrogen and oxygen atoms in total. The second-order valence-corrected chi connectivity index (χ2v) is 12.0. The predicted octanol–water partition coefficient (Wildman–Crippen LogP) is 9.33. The van der Waals surface area contributed by atoms with Crippen molar-refractivity contribution in [3.8, 4) is 0 Å². The average molecular weight is 535 g/mol. The minimum atomic E-state index is -0.447. The first kappa shape index (κ1) is 29.5. The molecule has 0 fully saturated rings. The van der Waals surface area contributed by atoms with Gasteiger partial charge in [0, 0.05) is 17.5 Å². The summed E-state index contributed by atoms with van der Waals surface area (Å²) in [6.45, 7) is 10.6. The van der Waals surface area contributed by atoms with E-state index in [0.717, 1.165) is 36.0 Å². The van der Waals surface area contributed by atoms with Crippen molar-refractivity contribution in [2.24, 2.45) is 0 Å². The van der Waals surface area contributed by atoms with Gasteiger partial charge in [0.25, 0.3) is 0 Å². The van der Waals surface area contributed by atoms with Crippen LogP contribution in [0.15, 0.2) is 115 Å². The topological polar surface area (TPSA) is 35.5 Å². The quantitative estimate of drug-likeness (QED) is 0.170. The number of rotatable bonds is 12. The third kappa shape index (κ3) is 8.74. The lowest BCUT2D eigenvalue weighted by atomic mass is 9.93. The SMILES string of the molecule is CC(C)(C)OC(CC(C)(C)OC(CCc1cccc(C(=O)c2ccccc2)c1)c1ccccc1)c1ccccc1. The van der Waals surface area contributed by atoms with E-state index in [2.05, 4.69) is 89.2 Å². The van der Waals surface area contributed by atoms with E-state index in [0.29, 0.717) is 11.1 Å². The fraction of sp³-hybridized carbons (Fsp3) is 0.324. The Bertz CT molecular complexity index is 1340. The molecule has 0 spiro atoms. The van der Waals surface area contributed by atoms with Crippen molar-refractivity contribution in [3.05, 3.63) is 143 Å². The van der Waals surface area contributed by atoms with E-state index in [4.69, 9.17) is 9.47 Å². The molecular formula is C37H42O3. The summed E-state index contributed by atoms with van der Waals surface area (Å²) in [4.78, 5) is 13.0. The number of carbonyl (C=O) groups excluding carboxylic acids is 1. The Morgan fingerprint density at radius 2 is 1.15 bits per heavy atom. The summed E-state index contributed by atoms with van der Waals surface area (Å²) in [5.74, 6) is 0.0465. The molecule has 0 bridgehead atoms. The Kier molecular flexibility index (Phi) is 9.73. The van der Waals surface area contributed by atoms with Gasteiger partial charge < -0.3 is 9.47 Å². The van der Waals surface area contributed by atoms with Gasteiger partial charge in [0.05, 0.1) is 23.4 Å². The van der Waals surface area contributed by atoms with E-state index in [1.54, 1.807) is 0 Å². The summed E-state index contributed by atoms with van der Waals surface area (Å²) >= 11 is 0. The van der Waals surface area contributed by atoms with Crippen LogP contribution < -0.4 is 0 Å². The molecule has 40 heavy (non-hydrogen) atoms. The molecule has 2 unspecified atom stereocenters. The zero-order valence-electron chi connectivity index (χ0n) is 24.5. The largest absolute Gasteiger partial charge is 0.368 e. The lowest BCUT2D eigenvalue weighted by Crippen LogP contribution is -2.33. The average Bonchev–Trinajstić information content (AvgIpc) is 2.95. The molecule has 0 saturated heterocycles. The van der Waals surface area contributed by atoms with Crippen molar-refractivity contribution in [1.29, 1.82) is 0 Å². The van der Waals surface area contributed by atoms with Gasteiger partial charge in [-0.1, -0.05) is 109 Å². The highest BCUT2D eigenvalue weighted by Gasteiger charge is 2.31. The summed E-state index contributed by atoms with van der Waals surface area (Å²) in [5, 5.41) is 0. The van der Waals surface area contributed by atoms with E-state index in [9.17, 15) is 4.79 Å². The number of hydrogen-bond donors (Lipinski definition) is 0. The highest BCUT2D eigenvalue weighted by Crippen LogP contribution is 2.37. The zero-order valence-corrected chi connectivity index (χ0v) is 24.5. The normalized spacial score (nSPS) is 13.5. The maximum absolute atomic E-state index is 13.0. The first-order valence-electron chi connectivity index (χ1n) is 14.2. The van der Waals surface area contributed by atoms with E-state index >= 15 is 0 Å². The van der Waals surface area contributed by atoms with Gasteiger partial charge >= 0.3 is 0 Å². The molecule has 4 rings (SSSR count). The molecule has 4 aromatic carbocycles. The molecule has 0 aliphatic rings. The van der Waals surface area contributed by atoms with Gasteiger partial charge in [-0.2, -0.15) is 0 Å². The van der Waals surface area contributed by atoms with Crippen LogP contribution in [-0.2, 0) is 15.9 Å². The molecule has 208 valence electrons. The number of benzene rings is 4. The van der Waals surface area contributed by atoms with Crippen LogP contribution in [0.5, 0.6) is 0 Å². The van der Waals surface area contributed by atoms with Crippen LogP contribution in [0.2, 0.25) is 0 Å². The predicted molar refractivity (Wildman–Crippen MR) is 164 cm³/mol. The Morgan fingerprint density at radius 1 is 0.625 bits per heavy atom. The molecule has 0 saturated carbocycles. The molecule has 0 amide bonds. The molecule has 2 atom stereocenters. The second-order valence-electron chi connectivity index (χ2n) is 12.0. The van der Waals surface area contributed by atoms with Crippen molar-refractivity contribution in [2.45, 2.75) is 77.3 Å². The second kappa shape index (κ2) is 13.2. The van der Waals surface area contributed by atoms with E-state index in [-0.39, 0.29) is 23.6 Å². The Labute approximate surface area is 240 Å². The van der Waals surface area contributed by atoms with Gasteiger partial charge in [0.1, 0.15) is 0 Å². The van der Waals surface area contributed by atoms with Gasteiger partial charge in [-0.15, -0.1) is 0 Å². The summed E-state index contributed by atoms with van der Waals surface area (Å²) in [6.07, 6.45) is 2.13. The third-order valence-corrected chi connectivity index (χ3v) is 6.90. The first-order chi connectivity index (χ1) is 19.1. The van der Waals surface area contributed by atoms with Gasteiger partial charge in [-0.25, -0.2) is 0 Å². The lowest BCUT2D eigenvalue weighted by Gasteiger charge is -2.36. The standard InChI is InChI=1S/C37H42O3/c1-36(2,3)39-34(30-19-11-7-12-20-30)27-37(4,5)40-33(29-17-9-6-10-18-29)25-24-28-16-15-23-32(26-28)35(38)31-21-13-8-14-22-31/h6-23,26,33-34H,24-25,27H2,1-5H3. The number of ketones is 1. The van der Waals surface area contributed by atoms with Crippen LogP contribution in [0.1, 0.15) is 92.3 Å². The number of aryl methyl sites for hydroxylation is 1. The van der Waals surface area contributed by atoms with Crippen LogP contribution in [0.25, 0.3) is 0 Å². The van der Waals surface area contributed by atoms with Crippen LogP contribution in [0.3, 0.4) is 0 Å². The number of ether oxygens (including phenoxy) is 2. The minimum absolute atomic E-state index is 0.0465. The van der Waals surface area contributed by atoms with Gasteiger partial charge in [-0.3, -0.25) is 4.79 Å². The lowest BCUT2D eigenvalue weighted by molar-refractivity contribution is -0.132. The Balaban J connectivity index is 1.51. The highest BCUT2D eigenvalue weighted by molar-refractivity contribution is 6.09. The summed E-state index contributed by atoms with van der Waals surface area (Å²) in [5.41, 5.74) is 4.13. The Hall–Kier alpha value is -3.53. The molecular weight excluding hydrogens is 492 g/mol. The van der Waals surface area contributed by atoms with Crippen molar-refractivity contribution in [3.63, 3.8) is 0 Å². The minimum Gasteiger partial charge on any atom is -0.368 e. The third-order valence-electron chi connectivity index (χ3n) is 6.90. The van der Waals surface area contributed by atoms with Gasteiger partial charge in [0.2, 0.25) is 0 Å². The summed E-state index contributed by atoms with van der Waals surface area (Å²) < 4.78 is 13.4. The maximum atomic E-state index is 13.0. The van der Waals surface area contributed by atoms with Crippen LogP contribution >= 0.6 is 0 Å². The van der Waals surface area contributed by atoms with Crippen molar-refractivity contribution in [1.82, 2.24) is 0 Å². The Morgan fingerprint density at radius 3 is 1.73 bits per heavy atom. The fourth-order valence-electron chi connectivity index (χ4n) is 5.09. The van der Waals surface area contributed by atoms with E-state index in [1.807, 2.05) is 60.7 Å². The molecule has 3 heteroatoms. The first-order valence-corrected chi connectivity index (χ1v) is 14.2. The van der Waals surface area contributed by atoms with Crippen LogP contribution in [0.4, 0.5) is 0 Å². The smallest absolute Gasteiger partial charge is 0.193 e. The van der Waals surface area contributed by atoms with Gasteiger partial charge in [-0.05, 0) is 70.2 Å². The molecule has 0 aromatic heterocycles. The van der Waals surface area contributed by atoms with Crippen LogP contribution in [-0.4, -0.2) is 17.0 Å².